The minimum atomic E-state index is -0.603. The number of fused-ring (bicyclic) bond motifs is 3. The highest BCUT2D eigenvalue weighted by Crippen LogP contribution is 2.32. The summed E-state index contributed by atoms with van der Waals surface area (Å²) in [5.41, 5.74) is 3.45. The van der Waals surface area contributed by atoms with Crippen LogP contribution in [0.4, 0.5) is 0 Å². The first-order valence-corrected chi connectivity index (χ1v) is 11.8. The fourth-order valence-corrected chi connectivity index (χ4v) is 4.94. The average molecular weight is 446 g/mol. The molecule has 0 aliphatic rings. The molecular weight excluding hydrogens is 418 g/mol. The van der Waals surface area contributed by atoms with E-state index in [0.29, 0.717) is 12.3 Å². The molecule has 0 spiro atoms. The second-order valence-corrected chi connectivity index (χ2v) is 8.80. The molecule has 1 aromatic heterocycles. The molecule has 0 aliphatic heterocycles. The van der Waals surface area contributed by atoms with Crippen molar-refractivity contribution in [3.63, 3.8) is 0 Å². The lowest BCUT2D eigenvalue weighted by Crippen LogP contribution is -2.47. The molecule has 2 N–H and O–H groups in total. The number of aryl methyl sites for hydroxylation is 1. The molecule has 0 saturated carbocycles. The second kappa shape index (κ2) is 9.92. The third-order valence-corrected chi connectivity index (χ3v) is 6.57. The van der Waals surface area contributed by atoms with Gasteiger partial charge in [-0.2, -0.15) is 0 Å². The summed E-state index contributed by atoms with van der Waals surface area (Å²) >= 11 is 1.58. The van der Waals surface area contributed by atoms with Crippen LogP contribution in [0.25, 0.3) is 21.8 Å². The number of nitrogens with one attached hydrogen (secondary N) is 2. The van der Waals surface area contributed by atoms with Crippen LogP contribution in [0.5, 0.6) is 0 Å². The van der Waals surface area contributed by atoms with Crippen molar-refractivity contribution < 1.29 is 9.59 Å². The number of nitrogens with zero attached hydrogens (tertiary/aromatic N) is 1. The molecule has 1 atom stereocenters. The fraction of sp³-hybridized carbons (Fsp3) is 0.231. The Balaban J connectivity index is 1.50. The number of benzene rings is 3. The molecule has 2 amide bonds. The van der Waals surface area contributed by atoms with Gasteiger partial charge in [0, 0.05) is 52.5 Å². The standard InChI is InChI=1S/C26H27N3O2S/c1-3-29-24-12-8-7-11-21(24)22-15-20(13-14-25(22)29)32-17-23(28-18(2)30)26(31)27-16-19-9-5-4-6-10-19/h4-15,23H,3,16-17H2,1-2H3,(H,27,31)(H,28,30). The van der Waals surface area contributed by atoms with Crippen molar-refractivity contribution in [1.82, 2.24) is 15.2 Å². The van der Waals surface area contributed by atoms with E-state index in [-0.39, 0.29) is 11.8 Å². The van der Waals surface area contributed by atoms with Gasteiger partial charge in [-0.1, -0.05) is 48.5 Å². The quantitative estimate of drug-likeness (QED) is 0.386. The second-order valence-electron chi connectivity index (χ2n) is 7.71. The van der Waals surface area contributed by atoms with Gasteiger partial charge in [-0.15, -0.1) is 11.8 Å². The molecule has 0 radical (unpaired) electrons. The third kappa shape index (κ3) is 4.81. The molecule has 6 heteroatoms. The summed E-state index contributed by atoms with van der Waals surface area (Å²) < 4.78 is 2.32. The lowest BCUT2D eigenvalue weighted by atomic mass is 10.1. The average Bonchev–Trinajstić information content (AvgIpc) is 3.13. The SMILES string of the molecule is CCn1c2ccccc2c2cc(SCC(NC(C)=O)C(=O)NCc3ccccc3)ccc21. The monoisotopic (exact) mass is 445 g/mol. The van der Waals surface area contributed by atoms with Gasteiger partial charge in [-0.3, -0.25) is 9.59 Å². The maximum absolute atomic E-state index is 12.8. The van der Waals surface area contributed by atoms with Gasteiger partial charge in [-0.25, -0.2) is 0 Å². The summed E-state index contributed by atoms with van der Waals surface area (Å²) in [6, 6.07) is 24.0. The van der Waals surface area contributed by atoms with E-state index in [4.69, 9.17) is 0 Å². The highest BCUT2D eigenvalue weighted by Gasteiger charge is 2.20. The zero-order valence-corrected chi connectivity index (χ0v) is 19.1. The van der Waals surface area contributed by atoms with Crippen LogP contribution < -0.4 is 10.6 Å². The maximum atomic E-state index is 12.8. The minimum absolute atomic E-state index is 0.180. The molecule has 0 saturated heterocycles. The van der Waals surface area contributed by atoms with Gasteiger partial charge in [0.05, 0.1) is 0 Å². The largest absolute Gasteiger partial charge is 0.350 e. The molecule has 1 heterocycles. The number of thioether (sulfide) groups is 1. The number of carbonyl (C=O) groups is 2. The topological polar surface area (TPSA) is 63.1 Å². The van der Waals surface area contributed by atoms with Gasteiger partial charge in [0.1, 0.15) is 6.04 Å². The van der Waals surface area contributed by atoms with Crippen LogP contribution in [0.15, 0.2) is 77.7 Å². The van der Waals surface area contributed by atoms with Gasteiger partial charge in [0.15, 0.2) is 0 Å². The van der Waals surface area contributed by atoms with Gasteiger partial charge in [0.2, 0.25) is 11.8 Å². The van der Waals surface area contributed by atoms with E-state index in [1.54, 1.807) is 11.8 Å². The van der Waals surface area contributed by atoms with Gasteiger partial charge in [0.25, 0.3) is 0 Å². The normalized spacial score (nSPS) is 12.1. The van der Waals surface area contributed by atoms with Crippen molar-refractivity contribution in [2.24, 2.45) is 0 Å². The molecule has 3 aromatic carbocycles. The van der Waals surface area contributed by atoms with E-state index in [9.17, 15) is 9.59 Å². The Morgan fingerprint density at radius 1 is 0.938 bits per heavy atom. The Labute approximate surface area is 192 Å². The van der Waals surface area contributed by atoms with E-state index in [0.717, 1.165) is 17.0 Å². The Morgan fingerprint density at radius 3 is 2.41 bits per heavy atom. The van der Waals surface area contributed by atoms with Crippen LogP contribution >= 0.6 is 11.8 Å². The predicted octanol–water partition coefficient (Wildman–Crippen LogP) is 4.73. The minimum Gasteiger partial charge on any atom is -0.350 e. The molecule has 32 heavy (non-hydrogen) atoms. The summed E-state index contributed by atoms with van der Waals surface area (Å²) in [7, 11) is 0. The lowest BCUT2D eigenvalue weighted by Gasteiger charge is -2.17. The molecule has 164 valence electrons. The smallest absolute Gasteiger partial charge is 0.243 e. The maximum Gasteiger partial charge on any atom is 0.243 e. The number of hydrogen-bond donors (Lipinski definition) is 2. The fourth-order valence-electron chi connectivity index (χ4n) is 3.98. The van der Waals surface area contributed by atoms with Crippen molar-refractivity contribution in [3.8, 4) is 0 Å². The van der Waals surface area contributed by atoms with Gasteiger partial charge < -0.3 is 15.2 Å². The van der Waals surface area contributed by atoms with E-state index in [2.05, 4.69) is 64.6 Å². The summed E-state index contributed by atoms with van der Waals surface area (Å²) in [6.07, 6.45) is 0. The number of carbonyl (C=O) groups excluding carboxylic acids is 2. The Morgan fingerprint density at radius 2 is 1.66 bits per heavy atom. The predicted molar refractivity (Wildman–Crippen MR) is 132 cm³/mol. The van der Waals surface area contributed by atoms with Crippen molar-refractivity contribution in [3.05, 3.63) is 78.4 Å². The number of hydrogen-bond acceptors (Lipinski definition) is 3. The first-order chi connectivity index (χ1) is 15.6. The first kappa shape index (κ1) is 22.0. The molecule has 4 aromatic rings. The van der Waals surface area contributed by atoms with E-state index >= 15 is 0 Å². The Hall–Kier alpha value is -3.25. The van der Waals surface area contributed by atoms with Crippen molar-refractivity contribution >= 4 is 45.4 Å². The first-order valence-electron chi connectivity index (χ1n) is 10.8. The summed E-state index contributed by atoms with van der Waals surface area (Å²) in [5.74, 6) is 0.0603. The van der Waals surface area contributed by atoms with E-state index in [1.165, 1.54) is 28.7 Å². The summed E-state index contributed by atoms with van der Waals surface area (Å²) in [6.45, 7) is 4.93. The van der Waals surface area contributed by atoms with E-state index < -0.39 is 6.04 Å². The lowest BCUT2D eigenvalue weighted by molar-refractivity contribution is -0.127. The van der Waals surface area contributed by atoms with Crippen molar-refractivity contribution in [1.29, 1.82) is 0 Å². The summed E-state index contributed by atoms with van der Waals surface area (Å²) in [5, 5.41) is 8.16. The number of rotatable bonds is 8. The van der Waals surface area contributed by atoms with Gasteiger partial charge in [-0.05, 0) is 36.8 Å². The molecule has 4 rings (SSSR count). The highest BCUT2D eigenvalue weighted by atomic mass is 32.2. The Kier molecular flexibility index (Phi) is 6.81. The zero-order chi connectivity index (χ0) is 22.5. The van der Waals surface area contributed by atoms with Gasteiger partial charge >= 0.3 is 0 Å². The highest BCUT2D eigenvalue weighted by molar-refractivity contribution is 7.99. The van der Waals surface area contributed by atoms with Crippen LogP contribution in [0.3, 0.4) is 0 Å². The number of para-hydroxylation sites is 1. The van der Waals surface area contributed by atoms with Crippen molar-refractivity contribution in [2.45, 2.75) is 37.9 Å². The molecule has 5 nitrogen and oxygen atoms in total. The number of aromatic nitrogens is 1. The molecular formula is C26H27N3O2S. The third-order valence-electron chi connectivity index (χ3n) is 5.48. The zero-order valence-electron chi connectivity index (χ0n) is 18.3. The van der Waals surface area contributed by atoms with Crippen molar-refractivity contribution in [2.75, 3.05) is 5.75 Å². The van der Waals surface area contributed by atoms with Crippen LogP contribution in [-0.2, 0) is 22.7 Å². The van der Waals surface area contributed by atoms with Crippen LogP contribution in [0, 0.1) is 0 Å². The Bertz CT molecular complexity index is 1250. The summed E-state index contributed by atoms with van der Waals surface area (Å²) in [4.78, 5) is 25.5. The molecule has 0 aliphatic carbocycles. The van der Waals surface area contributed by atoms with Crippen LogP contribution in [0.2, 0.25) is 0 Å². The number of amides is 2. The molecule has 0 bridgehead atoms. The molecule has 1 unspecified atom stereocenters. The van der Waals surface area contributed by atoms with E-state index in [1.807, 2.05) is 30.3 Å². The van der Waals surface area contributed by atoms with Crippen LogP contribution in [-0.4, -0.2) is 28.2 Å². The van der Waals surface area contributed by atoms with Crippen LogP contribution in [0.1, 0.15) is 19.4 Å². The molecule has 0 fully saturated rings.